The third-order valence-electron chi connectivity index (χ3n) is 3.37. The Hall–Kier alpha value is -2.32. The van der Waals surface area contributed by atoms with E-state index in [9.17, 15) is 17.2 Å². The number of hydrogen-bond acceptors (Lipinski definition) is 4. The standard InChI is InChI=1S/C15H10ClF2N3O2S/c1-9-15(24(22,23)12-5-2-10(16)3-6-12)19-20-21(9)14-8-11(17)4-7-13(14)18/h2-8H,1H3. The zero-order valence-electron chi connectivity index (χ0n) is 12.2. The summed E-state index contributed by atoms with van der Waals surface area (Å²) in [6, 6.07) is 8.32. The fourth-order valence-corrected chi connectivity index (χ4v) is 3.63. The van der Waals surface area contributed by atoms with Gasteiger partial charge in [0.25, 0.3) is 0 Å². The Kier molecular flexibility index (Phi) is 4.10. The second-order valence-electron chi connectivity index (χ2n) is 4.94. The predicted molar refractivity (Wildman–Crippen MR) is 82.9 cm³/mol. The van der Waals surface area contributed by atoms with Crippen molar-refractivity contribution in [1.29, 1.82) is 0 Å². The molecule has 0 aliphatic carbocycles. The van der Waals surface area contributed by atoms with Crippen molar-refractivity contribution in [3.05, 3.63) is 64.8 Å². The number of aromatic nitrogens is 3. The zero-order valence-corrected chi connectivity index (χ0v) is 13.8. The predicted octanol–water partition coefficient (Wildman–Crippen LogP) is 3.34. The quantitative estimate of drug-likeness (QED) is 0.710. The molecule has 5 nitrogen and oxygen atoms in total. The molecule has 0 bridgehead atoms. The molecule has 1 heterocycles. The van der Waals surface area contributed by atoms with Crippen molar-refractivity contribution in [2.45, 2.75) is 16.8 Å². The summed E-state index contributed by atoms with van der Waals surface area (Å²) in [5, 5.41) is 7.33. The van der Waals surface area contributed by atoms with Crippen molar-refractivity contribution < 1.29 is 17.2 Å². The van der Waals surface area contributed by atoms with E-state index in [2.05, 4.69) is 10.3 Å². The van der Waals surface area contributed by atoms with Crippen LogP contribution in [-0.4, -0.2) is 23.4 Å². The molecular formula is C15H10ClF2N3O2S. The van der Waals surface area contributed by atoms with Crippen LogP contribution < -0.4 is 0 Å². The van der Waals surface area contributed by atoms with Gasteiger partial charge in [-0.1, -0.05) is 16.8 Å². The molecule has 0 amide bonds. The molecular weight excluding hydrogens is 360 g/mol. The highest BCUT2D eigenvalue weighted by Crippen LogP contribution is 2.25. The van der Waals surface area contributed by atoms with Gasteiger partial charge in [0.1, 0.15) is 17.3 Å². The summed E-state index contributed by atoms with van der Waals surface area (Å²) < 4.78 is 53.5. The Labute approximate surface area is 141 Å². The number of halogens is 3. The summed E-state index contributed by atoms with van der Waals surface area (Å²) in [6.45, 7) is 1.41. The molecule has 0 saturated carbocycles. The molecule has 9 heteroatoms. The Balaban J connectivity index is 2.13. The average molecular weight is 370 g/mol. The molecule has 124 valence electrons. The first-order valence-corrected chi connectivity index (χ1v) is 8.55. The van der Waals surface area contributed by atoms with Crippen molar-refractivity contribution in [2.75, 3.05) is 0 Å². The fraction of sp³-hybridized carbons (Fsp3) is 0.0667. The van der Waals surface area contributed by atoms with Crippen LogP contribution in [0.15, 0.2) is 52.4 Å². The zero-order chi connectivity index (χ0) is 17.5. The molecule has 1 aromatic heterocycles. The minimum absolute atomic E-state index is 0.0261. The summed E-state index contributed by atoms with van der Waals surface area (Å²) in [6.07, 6.45) is 0. The van der Waals surface area contributed by atoms with Crippen LogP contribution in [0.4, 0.5) is 8.78 Å². The maximum absolute atomic E-state index is 13.9. The van der Waals surface area contributed by atoms with E-state index in [1.165, 1.54) is 31.2 Å². The number of nitrogens with zero attached hydrogens (tertiary/aromatic N) is 3. The van der Waals surface area contributed by atoms with Crippen LogP contribution in [0.3, 0.4) is 0 Å². The summed E-state index contributed by atoms with van der Waals surface area (Å²) in [5.74, 6) is -1.43. The summed E-state index contributed by atoms with van der Waals surface area (Å²) in [7, 11) is -3.97. The minimum Gasteiger partial charge on any atom is -0.217 e. The van der Waals surface area contributed by atoms with Gasteiger partial charge >= 0.3 is 0 Å². The molecule has 3 rings (SSSR count). The minimum atomic E-state index is -3.97. The van der Waals surface area contributed by atoms with E-state index in [1.807, 2.05) is 0 Å². The Morgan fingerprint density at radius 1 is 1.08 bits per heavy atom. The van der Waals surface area contributed by atoms with E-state index in [0.717, 1.165) is 22.9 Å². The largest absolute Gasteiger partial charge is 0.227 e. The normalized spacial score (nSPS) is 11.7. The van der Waals surface area contributed by atoms with E-state index < -0.39 is 21.5 Å². The summed E-state index contributed by atoms with van der Waals surface area (Å²) in [5.41, 5.74) is -0.160. The number of benzene rings is 2. The van der Waals surface area contributed by atoms with Crippen molar-refractivity contribution in [3.8, 4) is 5.69 Å². The molecule has 0 N–H and O–H groups in total. The van der Waals surface area contributed by atoms with Gasteiger partial charge in [-0.3, -0.25) is 0 Å². The average Bonchev–Trinajstić information content (AvgIpc) is 2.92. The second kappa shape index (κ2) is 5.95. The first-order valence-electron chi connectivity index (χ1n) is 6.69. The Morgan fingerprint density at radius 2 is 1.75 bits per heavy atom. The van der Waals surface area contributed by atoms with Gasteiger partial charge in [0, 0.05) is 11.1 Å². The SMILES string of the molecule is Cc1c(S(=O)(=O)c2ccc(Cl)cc2)nnn1-c1cc(F)ccc1F. The lowest BCUT2D eigenvalue weighted by atomic mass is 10.3. The molecule has 0 unspecified atom stereocenters. The smallest absolute Gasteiger partial charge is 0.217 e. The third-order valence-corrected chi connectivity index (χ3v) is 5.40. The molecule has 0 atom stereocenters. The number of rotatable bonds is 3. The van der Waals surface area contributed by atoms with Crippen LogP contribution in [0.2, 0.25) is 5.02 Å². The molecule has 0 aliphatic heterocycles. The van der Waals surface area contributed by atoms with Gasteiger partial charge in [-0.25, -0.2) is 21.9 Å². The van der Waals surface area contributed by atoms with E-state index in [0.29, 0.717) is 5.02 Å². The van der Waals surface area contributed by atoms with Gasteiger partial charge in [0.05, 0.1) is 10.6 Å². The monoisotopic (exact) mass is 369 g/mol. The van der Waals surface area contributed by atoms with Gasteiger partial charge < -0.3 is 0 Å². The number of hydrogen-bond donors (Lipinski definition) is 0. The molecule has 0 fully saturated rings. The van der Waals surface area contributed by atoms with Crippen molar-refractivity contribution >= 4 is 21.4 Å². The third kappa shape index (κ3) is 2.78. The lowest BCUT2D eigenvalue weighted by molar-refractivity contribution is 0.582. The van der Waals surface area contributed by atoms with E-state index in [1.54, 1.807) is 0 Å². The first kappa shape index (κ1) is 16.5. The first-order chi connectivity index (χ1) is 11.3. The molecule has 0 saturated heterocycles. The van der Waals surface area contributed by atoms with Crippen LogP contribution in [0.1, 0.15) is 5.69 Å². The van der Waals surface area contributed by atoms with Crippen LogP contribution in [0.5, 0.6) is 0 Å². The van der Waals surface area contributed by atoms with Crippen LogP contribution >= 0.6 is 11.6 Å². The Morgan fingerprint density at radius 3 is 2.42 bits per heavy atom. The molecule has 0 aliphatic rings. The summed E-state index contributed by atoms with van der Waals surface area (Å²) in [4.78, 5) is -0.0261. The van der Waals surface area contributed by atoms with Gasteiger partial charge in [-0.15, -0.1) is 5.10 Å². The van der Waals surface area contributed by atoms with Gasteiger partial charge in [0.15, 0.2) is 0 Å². The summed E-state index contributed by atoms with van der Waals surface area (Å²) >= 11 is 5.75. The van der Waals surface area contributed by atoms with Gasteiger partial charge in [-0.05, 0) is 43.3 Å². The van der Waals surface area contributed by atoms with Crippen LogP contribution in [-0.2, 0) is 9.84 Å². The fourth-order valence-electron chi connectivity index (χ4n) is 2.17. The Bertz CT molecular complexity index is 1020. The molecule has 3 aromatic rings. The van der Waals surface area contributed by atoms with E-state index >= 15 is 0 Å². The number of sulfone groups is 1. The van der Waals surface area contributed by atoms with Crippen LogP contribution in [0, 0.1) is 18.6 Å². The maximum Gasteiger partial charge on any atom is 0.227 e. The van der Waals surface area contributed by atoms with Crippen LogP contribution in [0.25, 0.3) is 5.69 Å². The molecule has 0 radical (unpaired) electrons. The van der Waals surface area contributed by atoms with E-state index in [-0.39, 0.29) is 21.3 Å². The highest BCUT2D eigenvalue weighted by atomic mass is 35.5. The lowest BCUT2D eigenvalue weighted by Crippen LogP contribution is -2.06. The van der Waals surface area contributed by atoms with Gasteiger partial charge in [0.2, 0.25) is 14.9 Å². The lowest BCUT2D eigenvalue weighted by Gasteiger charge is -2.06. The maximum atomic E-state index is 13.9. The highest BCUT2D eigenvalue weighted by Gasteiger charge is 2.26. The van der Waals surface area contributed by atoms with Crippen molar-refractivity contribution in [3.63, 3.8) is 0 Å². The molecule has 24 heavy (non-hydrogen) atoms. The van der Waals surface area contributed by atoms with Gasteiger partial charge in [-0.2, -0.15) is 0 Å². The highest BCUT2D eigenvalue weighted by molar-refractivity contribution is 7.91. The topological polar surface area (TPSA) is 64.8 Å². The second-order valence-corrected chi connectivity index (χ2v) is 7.25. The molecule has 0 spiro atoms. The van der Waals surface area contributed by atoms with E-state index in [4.69, 9.17) is 11.6 Å². The molecule has 2 aromatic carbocycles. The van der Waals surface area contributed by atoms with Crippen molar-refractivity contribution in [1.82, 2.24) is 15.0 Å². The van der Waals surface area contributed by atoms with Crippen molar-refractivity contribution in [2.24, 2.45) is 0 Å².